The first-order valence-corrected chi connectivity index (χ1v) is 12.4. The second-order valence-electron chi connectivity index (χ2n) is 7.44. The number of thiophene rings is 1. The minimum absolute atomic E-state index is 0.107. The number of anilines is 1. The number of aromatic nitrogens is 3. The van der Waals surface area contributed by atoms with E-state index in [2.05, 4.69) is 15.5 Å². The molecule has 3 aromatic heterocycles. The van der Waals surface area contributed by atoms with Crippen molar-refractivity contribution in [3.05, 3.63) is 59.5 Å². The van der Waals surface area contributed by atoms with Crippen molar-refractivity contribution < 1.29 is 18.7 Å². The van der Waals surface area contributed by atoms with Gasteiger partial charge in [0.25, 0.3) is 0 Å². The van der Waals surface area contributed by atoms with Gasteiger partial charge in [-0.25, -0.2) is 4.79 Å². The third kappa shape index (κ3) is 4.78. The Morgan fingerprint density at radius 1 is 1.18 bits per heavy atom. The largest absolute Gasteiger partial charge is 0.469 e. The van der Waals surface area contributed by atoms with Crippen LogP contribution in [0.25, 0.3) is 21.8 Å². The molecule has 34 heavy (non-hydrogen) atoms. The molecule has 0 unspecified atom stereocenters. The Morgan fingerprint density at radius 2 is 1.94 bits per heavy atom. The van der Waals surface area contributed by atoms with Gasteiger partial charge in [0.2, 0.25) is 5.91 Å². The fraction of sp³-hybridized carbons (Fsp3) is 0.250. The number of aryl methyl sites for hydroxylation is 1. The van der Waals surface area contributed by atoms with Gasteiger partial charge in [0.1, 0.15) is 10.8 Å². The van der Waals surface area contributed by atoms with Crippen LogP contribution in [0.2, 0.25) is 0 Å². The summed E-state index contributed by atoms with van der Waals surface area (Å²) in [5, 5.41) is 12.4. The fourth-order valence-corrected chi connectivity index (χ4v) is 5.43. The number of nitrogens with zero attached hydrogens (tertiary/aromatic N) is 3. The van der Waals surface area contributed by atoms with Crippen molar-refractivity contribution in [2.45, 2.75) is 25.9 Å². The lowest BCUT2D eigenvalue weighted by Crippen LogP contribution is -2.16. The normalized spacial score (nSPS) is 10.9. The topological polar surface area (TPSA) is 99.2 Å². The van der Waals surface area contributed by atoms with Crippen LogP contribution in [-0.2, 0) is 16.6 Å². The van der Waals surface area contributed by atoms with Crippen LogP contribution in [0.15, 0.2) is 52.2 Å². The van der Waals surface area contributed by atoms with Gasteiger partial charge in [0.05, 0.1) is 29.7 Å². The van der Waals surface area contributed by atoms with Crippen molar-refractivity contribution in [2.75, 3.05) is 17.7 Å². The maximum atomic E-state index is 12.8. The number of hydrogen-bond acceptors (Lipinski definition) is 8. The van der Waals surface area contributed by atoms with Crippen molar-refractivity contribution in [3.8, 4) is 21.8 Å². The standard InChI is InChI=1S/C24H24N4O4S2/c1-5-31-23(30)19-14(2)20(16-9-7-6-8-10-16)34-22(19)25-18(29)13-33-24-27-26-21(28(24)4)17-11-12-32-15(17)3/h6-12H,5,13H2,1-4H3,(H,25,29). The van der Waals surface area contributed by atoms with Gasteiger partial charge in [-0.15, -0.1) is 21.5 Å². The highest BCUT2D eigenvalue weighted by Crippen LogP contribution is 2.40. The third-order valence-corrected chi connectivity index (χ3v) is 7.46. The predicted molar refractivity (Wildman–Crippen MR) is 133 cm³/mol. The zero-order valence-corrected chi connectivity index (χ0v) is 20.9. The molecule has 4 aromatic rings. The van der Waals surface area contributed by atoms with E-state index in [1.165, 1.54) is 23.1 Å². The molecule has 3 heterocycles. The monoisotopic (exact) mass is 496 g/mol. The Bertz CT molecular complexity index is 1320. The number of hydrogen-bond donors (Lipinski definition) is 1. The van der Waals surface area contributed by atoms with E-state index in [1.54, 1.807) is 13.2 Å². The number of benzene rings is 1. The summed E-state index contributed by atoms with van der Waals surface area (Å²) < 4.78 is 12.4. The lowest BCUT2D eigenvalue weighted by molar-refractivity contribution is -0.113. The Balaban J connectivity index is 1.52. The Morgan fingerprint density at radius 3 is 2.62 bits per heavy atom. The van der Waals surface area contributed by atoms with E-state index >= 15 is 0 Å². The first-order valence-electron chi connectivity index (χ1n) is 10.6. The van der Waals surface area contributed by atoms with Gasteiger partial charge >= 0.3 is 5.97 Å². The number of rotatable bonds is 8. The van der Waals surface area contributed by atoms with Crippen molar-refractivity contribution >= 4 is 40.0 Å². The van der Waals surface area contributed by atoms with Gasteiger partial charge in [-0.2, -0.15) is 0 Å². The molecule has 0 aliphatic heterocycles. The van der Waals surface area contributed by atoms with Crippen LogP contribution in [0.4, 0.5) is 5.00 Å². The summed E-state index contributed by atoms with van der Waals surface area (Å²) in [4.78, 5) is 26.4. The van der Waals surface area contributed by atoms with Crippen molar-refractivity contribution in [1.82, 2.24) is 14.8 Å². The van der Waals surface area contributed by atoms with Crippen LogP contribution >= 0.6 is 23.1 Å². The SMILES string of the molecule is CCOC(=O)c1c(NC(=O)CSc2nnc(-c3ccoc3C)n2C)sc(-c2ccccc2)c1C. The van der Waals surface area contributed by atoms with Crippen LogP contribution in [0, 0.1) is 13.8 Å². The molecule has 0 atom stereocenters. The average Bonchev–Trinajstić information content (AvgIpc) is 3.50. The number of carbonyl (C=O) groups is 2. The highest BCUT2D eigenvalue weighted by molar-refractivity contribution is 7.99. The van der Waals surface area contributed by atoms with Crippen LogP contribution in [0.3, 0.4) is 0 Å². The highest BCUT2D eigenvalue weighted by Gasteiger charge is 2.24. The highest BCUT2D eigenvalue weighted by atomic mass is 32.2. The molecule has 4 rings (SSSR count). The first-order chi connectivity index (χ1) is 16.4. The van der Waals surface area contributed by atoms with Crippen molar-refractivity contribution in [3.63, 3.8) is 0 Å². The van der Waals surface area contributed by atoms with Crippen LogP contribution in [0.5, 0.6) is 0 Å². The van der Waals surface area contributed by atoms with Crippen molar-refractivity contribution in [2.24, 2.45) is 7.05 Å². The van der Waals surface area contributed by atoms with E-state index in [0.717, 1.165) is 27.3 Å². The minimum Gasteiger partial charge on any atom is -0.469 e. The average molecular weight is 497 g/mol. The Kier molecular flexibility index (Phi) is 7.18. The second kappa shape index (κ2) is 10.3. The van der Waals surface area contributed by atoms with E-state index in [1.807, 2.05) is 61.9 Å². The smallest absolute Gasteiger partial charge is 0.341 e. The van der Waals surface area contributed by atoms with Crippen LogP contribution < -0.4 is 5.32 Å². The molecule has 1 N–H and O–H groups in total. The molecule has 0 aliphatic carbocycles. The van der Waals surface area contributed by atoms with Gasteiger partial charge in [0.15, 0.2) is 11.0 Å². The summed E-state index contributed by atoms with van der Waals surface area (Å²) in [6.45, 7) is 5.74. The maximum Gasteiger partial charge on any atom is 0.341 e. The second-order valence-corrected chi connectivity index (χ2v) is 9.40. The zero-order chi connectivity index (χ0) is 24.2. The summed E-state index contributed by atoms with van der Waals surface area (Å²) >= 11 is 2.63. The summed E-state index contributed by atoms with van der Waals surface area (Å²) in [7, 11) is 1.84. The molecule has 10 heteroatoms. The number of nitrogens with one attached hydrogen (secondary N) is 1. The first kappa shape index (κ1) is 23.8. The Hall–Kier alpha value is -3.37. The molecule has 0 saturated heterocycles. The van der Waals surface area contributed by atoms with E-state index in [0.29, 0.717) is 21.5 Å². The number of ether oxygens (including phenoxy) is 1. The quantitative estimate of drug-likeness (QED) is 0.260. The molecule has 1 amide bonds. The molecule has 8 nitrogen and oxygen atoms in total. The lowest BCUT2D eigenvalue weighted by Gasteiger charge is -2.07. The molecule has 1 aromatic carbocycles. The molecule has 0 radical (unpaired) electrons. The molecule has 0 saturated carbocycles. The Labute approximate surface area is 205 Å². The predicted octanol–water partition coefficient (Wildman–Crippen LogP) is 5.33. The summed E-state index contributed by atoms with van der Waals surface area (Å²) in [5.74, 6) is 0.824. The summed E-state index contributed by atoms with van der Waals surface area (Å²) in [5.41, 5.74) is 3.01. The number of furan rings is 1. The maximum absolute atomic E-state index is 12.8. The van der Waals surface area contributed by atoms with Gasteiger partial charge in [-0.05, 0) is 38.0 Å². The lowest BCUT2D eigenvalue weighted by atomic mass is 10.1. The molecule has 0 bridgehead atoms. The van der Waals surface area contributed by atoms with E-state index in [9.17, 15) is 9.59 Å². The van der Waals surface area contributed by atoms with E-state index < -0.39 is 5.97 Å². The van der Waals surface area contributed by atoms with Gasteiger partial charge in [-0.1, -0.05) is 42.1 Å². The van der Waals surface area contributed by atoms with E-state index in [4.69, 9.17) is 9.15 Å². The number of esters is 1. The van der Waals surface area contributed by atoms with Crippen LogP contribution in [-0.4, -0.2) is 39.0 Å². The molecule has 0 fully saturated rings. The molecular weight excluding hydrogens is 472 g/mol. The number of carbonyl (C=O) groups excluding carboxylic acids is 2. The van der Waals surface area contributed by atoms with E-state index in [-0.39, 0.29) is 18.3 Å². The third-order valence-electron chi connectivity index (χ3n) is 5.18. The molecular formula is C24H24N4O4S2. The molecule has 0 aliphatic rings. The molecule has 176 valence electrons. The van der Waals surface area contributed by atoms with Crippen LogP contribution in [0.1, 0.15) is 28.6 Å². The van der Waals surface area contributed by atoms with Gasteiger partial charge < -0.3 is 19.0 Å². The van der Waals surface area contributed by atoms with Crippen molar-refractivity contribution in [1.29, 1.82) is 0 Å². The minimum atomic E-state index is -0.449. The summed E-state index contributed by atoms with van der Waals surface area (Å²) in [6, 6.07) is 11.6. The van der Waals surface area contributed by atoms with Gasteiger partial charge in [0, 0.05) is 11.9 Å². The van der Waals surface area contributed by atoms with Gasteiger partial charge in [-0.3, -0.25) is 4.79 Å². The fourth-order valence-electron chi connectivity index (χ4n) is 3.50. The zero-order valence-electron chi connectivity index (χ0n) is 19.2. The number of amides is 1. The summed E-state index contributed by atoms with van der Waals surface area (Å²) in [6.07, 6.45) is 1.60. The number of thioether (sulfide) groups is 1. The molecule has 0 spiro atoms.